The number of rotatable bonds is 3. The van der Waals surface area contributed by atoms with E-state index in [0.717, 1.165) is 21.7 Å². The molecule has 84 valence electrons. The molecule has 2 aromatic rings. The molecule has 0 fully saturated rings. The van der Waals surface area contributed by atoms with Gasteiger partial charge in [-0.1, -0.05) is 17.7 Å². The molecule has 0 saturated carbocycles. The number of hydrogen-bond acceptors (Lipinski definition) is 2. The van der Waals surface area contributed by atoms with E-state index in [0.29, 0.717) is 0 Å². The van der Waals surface area contributed by atoms with Crippen LogP contribution < -0.4 is 5.32 Å². The van der Waals surface area contributed by atoms with Crippen LogP contribution in [0.2, 0.25) is 5.02 Å². The monoisotopic (exact) mass is 235 g/mol. The number of aryl methyl sites for hydroxylation is 1. The molecule has 1 atom stereocenters. The Labute approximate surface area is 100 Å². The minimum absolute atomic E-state index is 0.121. The summed E-state index contributed by atoms with van der Waals surface area (Å²) in [5.74, 6) is 0. The largest absolute Gasteiger partial charge is 0.472 e. The summed E-state index contributed by atoms with van der Waals surface area (Å²) >= 11 is 6.06. The molecular formula is C13H14ClNO. The fourth-order valence-corrected chi connectivity index (χ4v) is 2.19. The number of benzene rings is 1. The van der Waals surface area contributed by atoms with Crippen molar-refractivity contribution in [1.29, 1.82) is 0 Å². The number of furan rings is 1. The summed E-state index contributed by atoms with van der Waals surface area (Å²) < 4.78 is 5.11. The second-order valence-electron chi connectivity index (χ2n) is 3.84. The molecule has 1 aromatic carbocycles. The van der Waals surface area contributed by atoms with Gasteiger partial charge in [0.1, 0.15) is 0 Å². The molecule has 16 heavy (non-hydrogen) atoms. The molecule has 0 spiro atoms. The van der Waals surface area contributed by atoms with Crippen molar-refractivity contribution in [2.24, 2.45) is 0 Å². The summed E-state index contributed by atoms with van der Waals surface area (Å²) in [6.07, 6.45) is 3.43. The lowest BCUT2D eigenvalue weighted by atomic mass is 10.00. The van der Waals surface area contributed by atoms with Crippen molar-refractivity contribution >= 4 is 11.6 Å². The van der Waals surface area contributed by atoms with Crippen molar-refractivity contribution in [1.82, 2.24) is 5.32 Å². The lowest BCUT2D eigenvalue weighted by Gasteiger charge is -2.15. The Morgan fingerprint density at radius 3 is 2.62 bits per heavy atom. The first-order valence-electron chi connectivity index (χ1n) is 5.17. The molecule has 0 bridgehead atoms. The minimum atomic E-state index is 0.121. The zero-order valence-corrected chi connectivity index (χ0v) is 10.1. The second kappa shape index (κ2) is 4.73. The topological polar surface area (TPSA) is 25.2 Å². The molecular weight excluding hydrogens is 222 g/mol. The standard InChI is InChI=1S/C13H14ClNO/c1-9-5-11(7-12(14)6-9)13(15-2)10-3-4-16-8-10/h3-8,13,15H,1-2H3. The van der Waals surface area contributed by atoms with E-state index in [9.17, 15) is 0 Å². The second-order valence-corrected chi connectivity index (χ2v) is 4.28. The summed E-state index contributed by atoms with van der Waals surface area (Å²) in [4.78, 5) is 0. The van der Waals surface area contributed by atoms with E-state index in [1.165, 1.54) is 0 Å². The quantitative estimate of drug-likeness (QED) is 0.880. The predicted molar refractivity (Wildman–Crippen MR) is 65.8 cm³/mol. The van der Waals surface area contributed by atoms with E-state index in [1.807, 2.05) is 32.2 Å². The van der Waals surface area contributed by atoms with Crippen LogP contribution in [0.3, 0.4) is 0 Å². The van der Waals surface area contributed by atoms with E-state index in [2.05, 4.69) is 11.4 Å². The van der Waals surface area contributed by atoms with E-state index < -0.39 is 0 Å². The molecule has 1 unspecified atom stereocenters. The van der Waals surface area contributed by atoms with Crippen LogP contribution in [0.4, 0.5) is 0 Å². The highest BCUT2D eigenvalue weighted by Crippen LogP contribution is 2.25. The molecule has 2 nitrogen and oxygen atoms in total. The summed E-state index contributed by atoms with van der Waals surface area (Å²) in [5, 5.41) is 4.02. The normalized spacial score (nSPS) is 12.7. The Bertz CT molecular complexity index is 445. The first-order valence-corrected chi connectivity index (χ1v) is 5.55. The average molecular weight is 236 g/mol. The van der Waals surface area contributed by atoms with Crippen molar-refractivity contribution in [3.63, 3.8) is 0 Å². The van der Waals surface area contributed by atoms with Gasteiger partial charge in [0, 0.05) is 10.6 Å². The fourth-order valence-electron chi connectivity index (χ4n) is 1.90. The van der Waals surface area contributed by atoms with Crippen LogP contribution in [0.15, 0.2) is 41.2 Å². The first-order chi connectivity index (χ1) is 7.70. The number of hydrogen-bond donors (Lipinski definition) is 1. The highest BCUT2D eigenvalue weighted by Gasteiger charge is 2.13. The molecule has 0 amide bonds. The summed E-state index contributed by atoms with van der Waals surface area (Å²) in [6.45, 7) is 2.04. The van der Waals surface area contributed by atoms with Crippen molar-refractivity contribution < 1.29 is 4.42 Å². The number of halogens is 1. The van der Waals surface area contributed by atoms with Gasteiger partial charge in [0.2, 0.25) is 0 Å². The maximum absolute atomic E-state index is 6.06. The van der Waals surface area contributed by atoms with Crippen LogP contribution in [0.5, 0.6) is 0 Å². The molecule has 0 saturated heterocycles. The Morgan fingerprint density at radius 2 is 2.06 bits per heavy atom. The molecule has 1 heterocycles. The number of nitrogens with one attached hydrogen (secondary N) is 1. The van der Waals surface area contributed by atoms with Crippen LogP contribution in [-0.4, -0.2) is 7.05 Å². The third kappa shape index (κ3) is 2.29. The smallest absolute Gasteiger partial charge is 0.0953 e. The molecule has 0 radical (unpaired) electrons. The average Bonchev–Trinajstić information content (AvgIpc) is 2.70. The lowest BCUT2D eigenvalue weighted by Crippen LogP contribution is -2.17. The predicted octanol–water partition coefficient (Wildman–Crippen LogP) is 3.55. The zero-order valence-electron chi connectivity index (χ0n) is 9.33. The SMILES string of the molecule is CNC(c1ccoc1)c1cc(C)cc(Cl)c1. The van der Waals surface area contributed by atoms with Gasteiger partial charge in [0.05, 0.1) is 18.6 Å². The summed E-state index contributed by atoms with van der Waals surface area (Å²) in [6, 6.07) is 8.13. The Hall–Kier alpha value is -1.25. The van der Waals surface area contributed by atoms with Gasteiger partial charge in [-0.05, 0) is 43.3 Å². The van der Waals surface area contributed by atoms with Crippen molar-refractivity contribution in [2.75, 3.05) is 7.05 Å². The van der Waals surface area contributed by atoms with Crippen molar-refractivity contribution in [3.05, 3.63) is 58.5 Å². The Morgan fingerprint density at radius 1 is 1.25 bits per heavy atom. The van der Waals surface area contributed by atoms with Crippen LogP contribution in [0, 0.1) is 6.92 Å². The Balaban J connectivity index is 2.41. The van der Waals surface area contributed by atoms with Crippen molar-refractivity contribution in [2.45, 2.75) is 13.0 Å². The van der Waals surface area contributed by atoms with E-state index in [4.69, 9.17) is 16.0 Å². The first kappa shape index (κ1) is 11.2. The molecule has 0 aliphatic carbocycles. The van der Waals surface area contributed by atoms with E-state index in [1.54, 1.807) is 12.5 Å². The van der Waals surface area contributed by atoms with E-state index >= 15 is 0 Å². The lowest BCUT2D eigenvalue weighted by molar-refractivity contribution is 0.557. The Kier molecular flexibility index (Phi) is 3.32. The van der Waals surface area contributed by atoms with Gasteiger partial charge in [-0.15, -0.1) is 0 Å². The summed E-state index contributed by atoms with van der Waals surface area (Å²) in [7, 11) is 1.92. The van der Waals surface area contributed by atoms with Crippen LogP contribution >= 0.6 is 11.6 Å². The van der Waals surface area contributed by atoms with Crippen LogP contribution in [-0.2, 0) is 0 Å². The zero-order chi connectivity index (χ0) is 11.5. The van der Waals surface area contributed by atoms with Gasteiger partial charge in [-0.3, -0.25) is 0 Å². The van der Waals surface area contributed by atoms with Gasteiger partial charge in [0.25, 0.3) is 0 Å². The highest BCUT2D eigenvalue weighted by atomic mass is 35.5. The molecule has 0 aliphatic rings. The van der Waals surface area contributed by atoms with Gasteiger partial charge >= 0.3 is 0 Å². The van der Waals surface area contributed by atoms with Crippen LogP contribution in [0.25, 0.3) is 0 Å². The van der Waals surface area contributed by atoms with Gasteiger partial charge in [-0.25, -0.2) is 0 Å². The third-order valence-electron chi connectivity index (χ3n) is 2.56. The maximum atomic E-state index is 6.06. The van der Waals surface area contributed by atoms with Crippen molar-refractivity contribution in [3.8, 4) is 0 Å². The van der Waals surface area contributed by atoms with Crippen LogP contribution in [0.1, 0.15) is 22.7 Å². The minimum Gasteiger partial charge on any atom is -0.472 e. The molecule has 2 rings (SSSR count). The molecule has 1 N–H and O–H groups in total. The van der Waals surface area contributed by atoms with Gasteiger partial charge in [-0.2, -0.15) is 0 Å². The third-order valence-corrected chi connectivity index (χ3v) is 2.78. The summed E-state index contributed by atoms with van der Waals surface area (Å²) in [5.41, 5.74) is 3.41. The van der Waals surface area contributed by atoms with E-state index in [-0.39, 0.29) is 6.04 Å². The maximum Gasteiger partial charge on any atom is 0.0953 e. The molecule has 1 aromatic heterocycles. The fraction of sp³-hybridized carbons (Fsp3) is 0.231. The van der Waals surface area contributed by atoms with Gasteiger partial charge < -0.3 is 9.73 Å². The molecule has 0 aliphatic heterocycles. The molecule has 3 heteroatoms. The van der Waals surface area contributed by atoms with Gasteiger partial charge in [0.15, 0.2) is 0 Å². The highest BCUT2D eigenvalue weighted by molar-refractivity contribution is 6.30.